The van der Waals surface area contributed by atoms with Crippen molar-refractivity contribution in [2.45, 2.75) is 37.5 Å². The lowest BCUT2D eigenvalue weighted by molar-refractivity contribution is -0.116. The molecule has 1 aromatic carbocycles. The van der Waals surface area contributed by atoms with E-state index in [4.69, 9.17) is 10.5 Å². The van der Waals surface area contributed by atoms with Gasteiger partial charge in [0.2, 0.25) is 5.91 Å². The number of benzene rings is 1. The summed E-state index contributed by atoms with van der Waals surface area (Å²) in [4.78, 5) is 14.1. The number of hydrogen-bond acceptors (Lipinski definition) is 4. The lowest BCUT2D eigenvalue weighted by atomic mass is 10.1. The van der Waals surface area contributed by atoms with Crippen LogP contribution < -0.4 is 16.0 Å². The van der Waals surface area contributed by atoms with Gasteiger partial charge in [-0.2, -0.15) is 0 Å². The van der Waals surface area contributed by atoms with Gasteiger partial charge in [-0.05, 0) is 31.4 Å². The Kier molecular flexibility index (Phi) is 2.72. The summed E-state index contributed by atoms with van der Waals surface area (Å²) in [6, 6.07) is 6.07. The average Bonchev–Trinajstić information content (AvgIpc) is 3.04. The molecule has 5 nitrogen and oxygen atoms in total. The largest absolute Gasteiger partial charge is 0.374 e. The summed E-state index contributed by atoms with van der Waals surface area (Å²) in [6.45, 7) is 1.70. The van der Waals surface area contributed by atoms with E-state index in [1.54, 1.807) is 0 Å². The second kappa shape index (κ2) is 4.46. The molecule has 2 heterocycles. The van der Waals surface area contributed by atoms with Crippen LogP contribution in [-0.4, -0.2) is 31.2 Å². The highest BCUT2D eigenvalue weighted by atomic mass is 16.5. The number of fused-ring (bicyclic) bond motifs is 2. The Hall–Kier alpha value is -1.59. The summed E-state index contributed by atoms with van der Waals surface area (Å²) in [5.41, 5.74) is 8.78. The van der Waals surface area contributed by atoms with E-state index in [9.17, 15) is 4.79 Å². The molecular weight excluding hydrogens is 254 g/mol. The minimum atomic E-state index is -0.525. The van der Waals surface area contributed by atoms with Gasteiger partial charge in [0, 0.05) is 23.5 Å². The van der Waals surface area contributed by atoms with Crippen molar-refractivity contribution in [1.82, 2.24) is 0 Å². The highest BCUT2D eigenvalue weighted by molar-refractivity contribution is 6.03. The molecule has 1 saturated carbocycles. The van der Waals surface area contributed by atoms with Crippen LogP contribution in [0.15, 0.2) is 18.2 Å². The maximum atomic E-state index is 11.6. The monoisotopic (exact) mass is 273 g/mol. The van der Waals surface area contributed by atoms with Gasteiger partial charge in [0.15, 0.2) is 0 Å². The lowest BCUT2D eigenvalue weighted by Crippen LogP contribution is -2.48. The van der Waals surface area contributed by atoms with Gasteiger partial charge in [-0.15, -0.1) is 0 Å². The first-order valence-electron chi connectivity index (χ1n) is 7.33. The van der Waals surface area contributed by atoms with E-state index >= 15 is 0 Å². The minimum absolute atomic E-state index is 0.113. The van der Waals surface area contributed by atoms with Gasteiger partial charge in [0.1, 0.15) is 6.04 Å². The molecule has 2 aliphatic heterocycles. The number of rotatable bonds is 1. The Morgan fingerprint density at radius 3 is 3.15 bits per heavy atom. The van der Waals surface area contributed by atoms with Crippen molar-refractivity contribution in [3.63, 3.8) is 0 Å². The van der Waals surface area contributed by atoms with Crippen LogP contribution in [0.25, 0.3) is 0 Å². The standard InChI is InChI=1S/C15H19N3O2/c16-14-10-5-4-9(8-11(10)17-15(14)19)18-6-7-20-13-3-1-2-12(13)18/h4-5,8,12-14H,1-3,6-7,16H2,(H,17,19). The van der Waals surface area contributed by atoms with Gasteiger partial charge in [-0.25, -0.2) is 0 Å². The summed E-state index contributed by atoms with van der Waals surface area (Å²) in [5, 5.41) is 2.86. The molecule has 1 saturated heterocycles. The average molecular weight is 273 g/mol. The van der Waals surface area contributed by atoms with Crippen LogP contribution in [0.1, 0.15) is 30.9 Å². The topological polar surface area (TPSA) is 67.6 Å². The van der Waals surface area contributed by atoms with Crippen molar-refractivity contribution >= 4 is 17.3 Å². The lowest BCUT2D eigenvalue weighted by Gasteiger charge is -2.39. The van der Waals surface area contributed by atoms with E-state index in [1.807, 2.05) is 6.07 Å². The SMILES string of the molecule is NC1C(=O)Nc2cc(N3CCOC4CCCC43)ccc21. The summed E-state index contributed by atoms with van der Waals surface area (Å²) >= 11 is 0. The fraction of sp³-hybridized carbons (Fsp3) is 0.533. The van der Waals surface area contributed by atoms with Gasteiger partial charge < -0.3 is 20.7 Å². The van der Waals surface area contributed by atoms with Crippen LogP contribution in [0.3, 0.4) is 0 Å². The van der Waals surface area contributed by atoms with Crippen molar-refractivity contribution in [1.29, 1.82) is 0 Å². The molecule has 3 aliphatic rings. The minimum Gasteiger partial charge on any atom is -0.374 e. The molecule has 0 bridgehead atoms. The Morgan fingerprint density at radius 2 is 2.25 bits per heavy atom. The van der Waals surface area contributed by atoms with E-state index in [0.717, 1.165) is 30.8 Å². The van der Waals surface area contributed by atoms with Crippen LogP contribution in [0.5, 0.6) is 0 Å². The number of anilines is 2. The first kappa shape index (κ1) is 12.2. The molecule has 3 unspecified atom stereocenters. The van der Waals surface area contributed by atoms with Crippen LogP contribution in [-0.2, 0) is 9.53 Å². The normalized spacial score (nSPS) is 31.9. The zero-order chi connectivity index (χ0) is 13.7. The molecule has 3 atom stereocenters. The number of ether oxygens (including phenoxy) is 1. The zero-order valence-electron chi connectivity index (χ0n) is 11.3. The summed E-state index contributed by atoms with van der Waals surface area (Å²) < 4.78 is 5.85. The van der Waals surface area contributed by atoms with E-state index < -0.39 is 6.04 Å². The van der Waals surface area contributed by atoms with Crippen molar-refractivity contribution in [3.05, 3.63) is 23.8 Å². The number of nitrogens with zero attached hydrogens (tertiary/aromatic N) is 1. The smallest absolute Gasteiger partial charge is 0.245 e. The first-order chi connectivity index (χ1) is 9.74. The maximum absolute atomic E-state index is 11.6. The molecule has 0 radical (unpaired) electrons. The summed E-state index contributed by atoms with van der Waals surface area (Å²) in [5.74, 6) is -0.113. The quantitative estimate of drug-likeness (QED) is 0.811. The fourth-order valence-electron chi connectivity index (χ4n) is 3.70. The second-order valence-electron chi connectivity index (χ2n) is 5.84. The van der Waals surface area contributed by atoms with E-state index in [1.165, 1.54) is 18.5 Å². The van der Waals surface area contributed by atoms with Crippen LogP contribution in [0.4, 0.5) is 11.4 Å². The number of carbonyl (C=O) groups is 1. The predicted octanol–water partition coefficient (Wildman–Crippen LogP) is 1.40. The van der Waals surface area contributed by atoms with E-state index in [-0.39, 0.29) is 5.91 Å². The van der Waals surface area contributed by atoms with E-state index in [2.05, 4.69) is 22.3 Å². The molecule has 1 aliphatic carbocycles. The Labute approximate surface area is 118 Å². The zero-order valence-corrected chi connectivity index (χ0v) is 11.3. The number of hydrogen-bond donors (Lipinski definition) is 2. The Bertz CT molecular complexity index is 560. The van der Waals surface area contributed by atoms with Gasteiger partial charge >= 0.3 is 0 Å². The fourth-order valence-corrected chi connectivity index (χ4v) is 3.70. The highest BCUT2D eigenvalue weighted by Gasteiger charge is 2.37. The van der Waals surface area contributed by atoms with Crippen LogP contribution in [0.2, 0.25) is 0 Å². The third kappa shape index (κ3) is 1.73. The van der Waals surface area contributed by atoms with Crippen LogP contribution >= 0.6 is 0 Å². The maximum Gasteiger partial charge on any atom is 0.245 e. The third-order valence-corrected chi connectivity index (χ3v) is 4.73. The third-order valence-electron chi connectivity index (χ3n) is 4.73. The molecule has 5 heteroatoms. The molecule has 3 N–H and O–H groups in total. The molecular formula is C15H19N3O2. The summed E-state index contributed by atoms with van der Waals surface area (Å²) in [7, 11) is 0. The van der Waals surface area contributed by atoms with E-state index in [0.29, 0.717) is 12.1 Å². The number of morpholine rings is 1. The Balaban J connectivity index is 1.66. The van der Waals surface area contributed by atoms with Gasteiger partial charge in [0.25, 0.3) is 0 Å². The molecule has 4 rings (SSSR count). The summed E-state index contributed by atoms with van der Waals surface area (Å²) in [6.07, 6.45) is 3.95. The number of nitrogens with one attached hydrogen (secondary N) is 1. The van der Waals surface area contributed by atoms with Crippen molar-refractivity contribution in [2.24, 2.45) is 5.73 Å². The van der Waals surface area contributed by atoms with Crippen LogP contribution in [0, 0.1) is 0 Å². The van der Waals surface area contributed by atoms with Gasteiger partial charge in [0.05, 0.1) is 18.8 Å². The number of nitrogens with two attached hydrogens (primary N) is 1. The highest BCUT2D eigenvalue weighted by Crippen LogP contribution is 2.37. The van der Waals surface area contributed by atoms with Crippen molar-refractivity contribution in [3.8, 4) is 0 Å². The molecule has 20 heavy (non-hydrogen) atoms. The second-order valence-corrected chi connectivity index (χ2v) is 5.84. The molecule has 0 aromatic heterocycles. The van der Waals surface area contributed by atoms with Gasteiger partial charge in [-0.3, -0.25) is 4.79 Å². The predicted molar refractivity (Wildman–Crippen MR) is 76.7 cm³/mol. The number of carbonyl (C=O) groups excluding carboxylic acids is 1. The number of amides is 1. The first-order valence-corrected chi connectivity index (χ1v) is 7.33. The molecule has 1 aromatic rings. The molecule has 106 valence electrons. The Morgan fingerprint density at radius 1 is 1.35 bits per heavy atom. The molecule has 1 amide bonds. The van der Waals surface area contributed by atoms with Crippen molar-refractivity contribution in [2.75, 3.05) is 23.4 Å². The van der Waals surface area contributed by atoms with Gasteiger partial charge in [-0.1, -0.05) is 6.07 Å². The molecule has 0 spiro atoms. The van der Waals surface area contributed by atoms with Crippen molar-refractivity contribution < 1.29 is 9.53 Å². The molecule has 2 fully saturated rings.